The molecule has 5 nitrogen and oxygen atoms in total. The highest BCUT2D eigenvalue weighted by Crippen LogP contribution is 2.36. The molecule has 2 aromatic carbocycles. The zero-order chi connectivity index (χ0) is 24.3. The quantitative estimate of drug-likeness (QED) is 0.200. The maximum absolute atomic E-state index is 6.36. The Bertz CT molecular complexity index is 1280. The van der Waals surface area contributed by atoms with Gasteiger partial charge in [-0.2, -0.15) is 0 Å². The van der Waals surface area contributed by atoms with Crippen LogP contribution in [-0.2, 0) is 11.0 Å². The molecule has 2 aromatic heterocycles. The van der Waals surface area contributed by atoms with Crippen LogP contribution in [0.1, 0.15) is 27.2 Å². The molecule has 0 saturated heterocycles. The van der Waals surface area contributed by atoms with E-state index in [1.165, 1.54) is 10.9 Å². The summed E-state index contributed by atoms with van der Waals surface area (Å²) in [6, 6.07) is 18.0. The molecule has 4 rings (SSSR count). The zero-order valence-corrected chi connectivity index (χ0v) is 22.4. The summed E-state index contributed by atoms with van der Waals surface area (Å²) in [5, 5.41) is 5.33. The van der Waals surface area contributed by atoms with Crippen LogP contribution in [0.4, 0.5) is 11.6 Å². The topological polar surface area (TPSA) is 52.0 Å². The predicted molar refractivity (Wildman–Crippen MR) is 145 cm³/mol. The van der Waals surface area contributed by atoms with E-state index in [0.29, 0.717) is 11.0 Å². The lowest BCUT2D eigenvalue weighted by atomic mass is 10.1. The first-order valence-electron chi connectivity index (χ1n) is 11.7. The predicted octanol–water partition coefficient (Wildman–Crippen LogP) is 7.91. The van der Waals surface area contributed by atoms with Crippen LogP contribution in [-0.4, -0.2) is 29.5 Å². The van der Waals surface area contributed by atoms with Gasteiger partial charge in [0.2, 0.25) is 5.95 Å². The van der Waals surface area contributed by atoms with Gasteiger partial charge in [0.05, 0.1) is 5.69 Å². The Kier molecular flexibility index (Phi) is 7.12. The van der Waals surface area contributed by atoms with Gasteiger partial charge in [0.25, 0.3) is 0 Å². The molecular formula is C27H33ClN4OSi. The Morgan fingerprint density at radius 2 is 1.85 bits per heavy atom. The maximum atomic E-state index is 6.36. The molecule has 0 fully saturated rings. The first-order chi connectivity index (χ1) is 16.1. The summed E-state index contributed by atoms with van der Waals surface area (Å²) in [6.45, 7) is 13.2. The third-order valence-electron chi connectivity index (χ3n) is 6.64. The minimum Gasteiger partial charge on any atom is -0.417 e. The van der Waals surface area contributed by atoms with E-state index in [2.05, 4.69) is 79.2 Å². The second-order valence-electron chi connectivity index (χ2n) is 10.1. The Morgan fingerprint density at radius 3 is 2.62 bits per heavy atom. The number of nitrogens with one attached hydrogen (secondary N) is 1. The van der Waals surface area contributed by atoms with Crippen LogP contribution in [0.3, 0.4) is 0 Å². The van der Waals surface area contributed by atoms with Crippen LogP contribution >= 0.6 is 11.6 Å². The van der Waals surface area contributed by atoms with Gasteiger partial charge in [0.1, 0.15) is 0 Å². The van der Waals surface area contributed by atoms with Crippen LogP contribution in [0.5, 0.6) is 0 Å². The summed E-state index contributed by atoms with van der Waals surface area (Å²) >= 11 is 6.10. The lowest BCUT2D eigenvalue weighted by molar-refractivity contribution is 0.276. The normalized spacial score (nSPS) is 12.3. The SMILES string of the molecule is CC(C)(C)[Si](C)(C)OCCCn1ccc2c(-c3ccnc(Nc4cccc(Cl)c4)n3)cccc21. The van der Waals surface area contributed by atoms with Crippen LogP contribution in [0, 0.1) is 0 Å². The molecule has 0 aliphatic carbocycles. The van der Waals surface area contributed by atoms with E-state index >= 15 is 0 Å². The van der Waals surface area contributed by atoms with Crippen molar-refractivity contribution in [2.45, 2.75) is 51.9 Å². The molecule has 2 heterocycles. The van der Waals surface area contributed by atoms with Crippen LogP contribution in [0.2, 0.25) is 23.2 Å². The smallest absolute Gasteiger partial charge is 0.227 e. The van der Waals surface area contributed by atoms with E-state index < -0.39 is 8.32 Å². The van der Waals surface area contributed by atoms with E-state index in [-0.39, 0.29) is 5.04 Å². The summed E-state index contributed by atoms with van der Waals surface area (Å²) < 4.78 is 8.67. The van der Waals surface area contributed by atoms with Crippen LogP contribution < -0.4 is 5.32 Å². The van der Waals surface area contributed by atoms with Gasteiger partial charge in [-0.1, -0.05) is 50.6 Å². The highest BCUT2D eigenvalue weighted by molar-refractivity contribution is 6.74. The van der Waals surface area contributed by atoms with Crippen molar-refractivity contribution in [2.24, 2.45) is 0 Å². The third-order valence-corrected chi connectivity index (χ3v) is 11.4. The van der Waals surface area contributed by atoms with E-state index in [1.807, 2.05) is 30.3 Å². The average Bonchev–Trinajstić information content (AvgIpc) is 3.19. The molecule has 0 aliphatic heterocycles. The summed E-state index contributed by atoms with van der Waals surface area (Å²) in [5.41, 5.74) is 4.02. The van der Waals surface area contributed by atoms with E-state index in [9.17, 15) is 0 Å². The molecule has 4 aromatic rings. The molecule has 34 heavy (non-hydrogen) atoms. The minimum absolute atomic E-state index is 0.236. The molecular weight excluding hydrogens is 460 g/mol. The van der Waals surface area contributed by atoms with Gasteiger partial charge < -0.3 is 14.3 Å². The Hall–Kier alpha value is -2.67. The number of hydrogen-bond acceptors (Lipinski definition) is 4. The fourth-order valence-electron chi connectivity index (χ4n) is 3.68. The van der Waals surface area contributed by atoms with Crippen molar-refractivity contribution in [1.29, 1.82) is 0 Å². The average molecular weight is 493 g/mol. The molecule has 0 aliphatic rings. The van der Waals surface area contributed by atoms with Crippen molar-refractivity contribution in [3.05, 3.63) is 72.0 Å². The second kappa shape index (κ2) is 9.90. The Balaban J connectivity index is 1.50. The van der Waals surface area contributed by atoms with Crippen molar-refractivity contribution in [3.8, 4) is 11.3 Å². The lowest BCUT2D eigenvalue weighted by Gasteiger charge is -2.36. The molecule has 1 N–H and O–H groups in total. The number of rotatable bonds is 8. The Labute approximate surface area is 208 Å². The monoisotopic (exact) mass is 492 g/mol. The van der Waals surface area contributed by atoms with Crippen LogP contribution in [0.25, 0.3) is 22.2 Å². The van der Waals surface area contributed by atoms with Crippen LogP contribution in [0.15, 0.2) is 67.0 Å². The molecule has 0 spiro atoms. The molecule has 0 saturated carbocycles. The minimum atomic E-state index is -1.71. The first-order valence-corrected chi connectivity index (χ1v) is 15.0. The number of aryl methyl sites for hydroxylation is 1. The van der Waals surface area contributed by atoms with Crippen molar-refractivity contribution in [3.63, 3.8) is 0 Å². The molecule has 0 amide bonds. The van der Waals surface area contributed by atoms with Gasteiger partial charge >= 0.3 is 0 Å². The third kappa shape index (κ3) is 5.51. The number of benzene rings is 2. The largest absolute Gasteiger partial charge is 0.417 e. The van der Waals surface area contributed by atoms with E-state index in [1.54, 1.807) is 6.20 Å². The summed E-state index contributed by atoms with van der Waals surface area (Å²) in [7, 11) is -1.71. The van der Waals surface area contributed by atoms with Gasteiger partial charge in [-0.05, 0) is 61.0 Å². The number of aromatic nitrogens is 3. The number of hydrogen-bond donors (Lipinski definition) is 1. The fourth-order valence-corrected chi connectivity index (χ4v) is 4.96. The second-order valence-corrected chi connectivity index (χ2v) is 15.4. The molecule has 178 valence electrons. The number of fused-ring (bicyclic) bond motifs is 1. The van der Waals surface area contributed by atoms with Gasteiger partial charge in [0.15, 0.2) is 8.32 Å². The van der Waals surface area contributed by atoms with Gasteiger partial charge in [-0.15, -0.1) is 0 Å². The molecule has 7 heteroatoms. The number of anilines is 2. The molecule has 0 unspecified atom stereocenters. The molecule has 0 radical (unpaired) electrons. The van der Waals surface area contributed by atoms with E-state index in [0.717, 1.165) is 36.5 Å². The first kappa shape index (κ1) is 24.5. The lowest BCUT2D eigenvalue weighted by Crippen LogP contribution is -2.41. The van der Waals surface area contributed by atoms with Gasteiger partial charge in [-0.25, -0.2) is 9.97 Å². The van der Waals surface area contributed by atoms with Crippen molar-refractivity contribution in [2.75, 3.05) is 11.9 Å². The van der Waals surface area contributed by atoms with Gasteiger partial charge in [-0.3, -0.25) is 0 Å². The summed E-state index contributed by atoms with van der Waals surface area (Å²) in [6.07, 6.45) is 4.93. The maximum Gasteiger partial charge on any atom is 0.227 e. The standard InChI is InChI=1S/C27H33ClN4OSi/c1-27(2,3)34(4,5)33-18-8-16-32-17-14-23-22(11-7-12-25(23)32)24-13-15-29-26(31-24)30-21-10-6-9-20(28)19-21/h6-7,9-15,17,19H,8,16,18H2,1-5H3,(H,29,30,31). The zero-order valence-electron chi connectivity index (χ0n) is 20.6. The number of nitrogens with zero attached hydrogens (tertiary/aromatic N) is 3. The van der Waals surface area contributed by atoms with Crippen molar-refractivity contribution < 1.29 is 4.43 Å². The van der Waals surface area contributed by atoms with Crippen molar-refractivity contribution >= 4 is 42.5 Å². The van der Waals surface area contributed by atoms with Gasteiger partial charge in [0, 0.05) is 52.7 Å². The molecule has 0 atom stereocenters. The number of halogens is 1. The summed E-state index contributed by atoms with van der Waals surface area (Å²) in [5.74, 6) is 0.541. The fraction of sp³-hybridized carbons (Fsp3) is 0.333. The highest BCUT2D eigenvalue weighted by Gasteiger charge is 2.36. The van der Waals surface area contributed by atoms with E-state index in [4.69, 9.17) is 21.0 Å². The Morgan fingerprint density at radius 1 is 1.06 bits per heavy atom. The highest BCUT2D eigenvalue weighted by atomic mass is 35.5. The molecule has 0 bridgehead atoms. The summed E-state index contributed by atoms with van der Waals surface area (Å²) in [4.78, 5) is 9.14. The van der Waals surface area contributed by atoms with Crippen molar-refractivity contribution in [1.82, 2.24) is 14.5 Å².